The van der Waals surface area contributed by atoms with Crippen LogP contribution in [0.2, 0.25) is 0 Å². The zero-order valence-corrected chi connectivity index (χ0v) is 15.6. The highest BCUT2D eigenvalue weighted by atomic mass is 127. The van der Waals surface area contributed by atoms with Gasteiger partial charge in [0.15, 0.2) is 0 Å². The molecule has 0 radical (unpaired) electrons. The maximum Gasteiger partial charge on any atom is 0.114 e. The van der Waals surface area contributed by atoms with Crippen LogP contribution in [0.25, 0.3) is 0 Å². The summed E-state index contributed by atoms with van der Waals surface area (Å²) >= 11 is 7.46. The largest absolute Gasteiger partial charge is 0.383 e. The van der Waals surface area contributed by atoms with Crippen molar-refractivity contribution in [3.63, 3.8) is 0 Å². The van der Waals surface area contributed by atoms with Gasteiger partial charge in [0.1, 0.15) is 6.10 Å². The lowest BCUT2D eigenvalue weighted by atomic mass is 9.95. The summed E-state index contributed by atoms with van der Waals surface area (Å²) in [4.78, 5) is 2.29. The molecule has 0 aliphatic carbocycles. The average molecular weight is 451 g/mol. The molecule has 2 rings (SSSR count). The van der Waals surface area contributed by atoms with E-state index >= 15 is 0 Å². The minimum atomic E-state index is -0.565. The third-order valence-electron chi connectivity index (χ3n) is 2.89. The second kappa shape index (κ2) is 5.84. The lowest BCUT2D eigenvalue weighted by molar-refractivity contribution is 0.223. The fourth-order valence-electron chi connectivity index (χ4n) is 1.78. The van der Waals surface area contributed by atoms with Crippen LogP contribution in [0.15, 0.2) is 34.8 Å². The van der Waals surface area contributed by atoms with Gasteiger partial charge in [-0.3, -0.25) is 0 Å². The van der Waals surface area contributed by atoms with Gasteiger partial charge in [-0.05, 0) is 58.3 Å². The van der Waals surface area contributed by atoms with Crippen LogP contribution in [0.5, 0.6) is 0 Å². The lowest BCUT2D eigenvalue weighted by Gasteiger charge is -2.16. The number of thiophene rings is 1. The van der Waals surface area contributed by atoms with Crippen molar-refractivity contribution in [1.82, 2.24) is 0 Å². The molecule has 0 amide bonds. The third-order valence-corrected chi connectivity index (χ3v) is 5.84. The molecule has 1 aromatic heterocycles. The molecule has 1 aromatic carbocycles. The molecule has 1 unspecified atom stereocenters. The molecule has 0 aliphatic rings. The first kappa shape index (κ1) is 15.5. The Morgan fingerprint density at radius 2 is 1.89 bits per heavy atom. The van der Waals surface area contributed by atoms with E-state index < -0.39 is 6.10 Å². The smallest absolute Gasteiger partial charge is 0.114 e. The summed E-state index contributed by atoms with van der Waals surface area (Å²) in [7, 11) is 0. The minimum absolute atomic E-state index is 0.130. The van der Waals surface area contributed by atoms with Crippen LogP contribution in [0.4, 0.5) is 0 Å². The number of hydrogen-bond acceptors (Lipinski definition) is 2. The monoisotopic (exact) mass is 450 g/mol. The van der Waals surface area contributed by atoms with Crippen molar-refractivity contribution >= 4 is 49.9 Å². The van der Waals surface area contributed by atoms with Gasteiger partial charge in [0.2, 0.25) is 0 Å². The first-order valence-electron chi connectivity index (χ1n) is 6.02. The van der Waals surface area contributed by atoms with Gasteiger partial charge in [-0.25, -0.2) is 0 Å². The van der Waals surface area contributed by atoms with Crippen molar-refractivity contribution in [2.45, 2.75) is 32.3 Å². The van der Waals surface area contributed by atoms with E-state index in [4.69, 9.17) is 0 Å². The molecular formula is C15H16BrIOS. The number of hydrogen-bond donors (Lipinski definition) is 1. The van der Waals surface area contributed by atoms with Crippen LogP contribution in [0.3, 0.4) is 0 Å². The first-order valence-corrected chi connectivity index (χ1v) is 8.71. The Balaban J connectivity index is 2.36. The van der Waals surface area contributed by atoms with Gasteiger partial charge in [0, 0.05) is 23.4 Å². The van der Waals surface area contributed by atoms with Crippen molar-refractivity contribution in [2.75, 3.05) is 0 Å². The van der Waals surface area contributed by atoms with E-state index in [2.05, 4.69) is 65.4 Å². The Hall–Kier alpha value is 0.0900. The molecule has 1 heterocycles. The van der Waals surface area contributed by atoms with Gasteiger partial charge in [0.05, 0.1) is 0 Å². The van der Waals surface area contributed by atoms with E-state index in [0.29, 0.717) is 0 Å². The SMILES string of the molecule is CC(C)(C)c1ccc(C(O)c2cc(I)ccc2Br)s1. The summed E-state index contributed by atoms with van der Waals surface area (Å²) in [6, 6.07) is 10.2. The van der Waals surface area contributed by atoms with Gasteiger partial charge < -0.3 is 5.11 Å². The molecule has 0 bridgehead atoms. The highest BCUT2D eigenvalue weighted by Crippen LogP contribution is 2.36. The molecular weight excluding hydrogens is 435 g/mol. The number of halogens is 2. The Kier molecular flexibility index (Phi) is 4.75. The van der Waals surface area contributed by atoms with Crippen LogP contribution in [-0.4, -0.2) is 5.11 Å². The fourth-order valence-corrected chi connectivity index (χ4v) is 3.83. The summed E-state index contributed by atoms with van der Waals surface area (Å²) in [5.74, 6) is 0. The molecule has 0 saturated heterocycles. The van der Waals surface area contributed by atoms with Crippen LogP contribution < -0.4 is 0 Å². The maximum atomic E-state index is 10.6. The van der Waals surface area contributed by atoms with Gasteiger partial charge in [0.25, 0.3) is 0 Å². The molecule has 2 aromatic rings. The van der Waals surface area contributed by atoms with Gasteiger partial charge >= 0.3 is 0 Å². The quantitative estimate of drug-likeness (QED) is 0.599. The molecule has 19 heavy (non-hydrogen) atoms. The van der Waals surface area contributed by atoms with Crippen LogP contribution >= 0.6 is 49.9 Å². The Bertz CT molecular complexity index is 586. The lowest BCUT2D eigenvalue weighted by Crippen LogP contribution is -2.07. The van der Waals surface area contributed by atoms with Crippen LogP contribution in [0.1, 0.15) is 42.2 Å². The molecule has 1 nitrogen and oxygen atoms in total. The minimum Gasteiger partial charge on any atom is -0.383 e. The molecule has 0 spiro atoms. The fraction of sp³-hybridized carbons (Fsp3) is 0.333. The summed E-state index contributed by atoms with van der Waals surface area (Å²) < 4.78 is 2.08. The normalized spacial score (nSPS) is 13.6. The zero-order chi connectivity index (χ0) is 14.2. The van der Waals surface area contributed by atoms with E-state index in [1.165, 1.54) is 4.88 Å². The van der Waals surface area contributed by atoms with Gasteiger partial charge in [-0.2, -0.15) is 0 Å². The highest BCUT2D eigenvalue weighted by Gasteiger charge is 2.20. The molecule has 4 heteroatoms. The Labute approximate surface area is 140 Å². The first-order chi connectivity index (χ1) is 8.79. The van der Waals surface area contributed by atoms with Crippen LogP contribution in [-0.2, 0) is 5.41 Å². The zero-order valence-electron chi connectivity index (χ0n) is 11.1. The predicted octanol–water partition coefficient (Wildman–Crippen LogP) is 5.49. The van der Waals surface area contributed by atoms with Crippen molar-refractivity contribution in [3.05, 3.63) is 53.7 Å². The third kappa shape index (κ3) is 3.60. The standard InChI is InChI=1S/C15H16BrIOS/c1-15(2,3)13-7-6-12(19-13)14(18)10-8-9(17)4-5-11(10)16/h4-8,14,18H,1-3H3. The summed E-state index contributed by atoms with van der Waals surface area (Å²) in [6.07, 6.45) is -0.565. The van der Waals surface area contributed by atoms with Gasteiger partial charge in [-0.1, -0.05) is 36.7 Å². The maximum absolute atomic E-state index is 10.6. The van der Waals surface area contributed by atoms with Crippen molar-refractivity contribution in [2.24, 2.45) is 0 Å². The number of rotatable bonds is 2. The number of aliphatic hydroxyl groups excluding tert-OH is 1. The van der Waals surface area contributed by atoms with Crippen molar-refractivity contribution < 1.29 is 5.11 Å². The van der Waals surface area contributed by atoms with E-state index in [1.807, 2.05) is 24.3 Å². The summed E-state index contributed by atoms with van der Waals surface area (Å²) in [6.45, 7) is 6.57. The molecule has 0 fully saturated rings. The van der Waals surface area contributed by atoms with Crippen molar-refractivity contribution in [3.8, 4) is 0 Å². The molecule has 0 aliphatic heterocycles. The Morgan fingerprint density at radius 3 is 2.47 bits per heavy atom. The number of aliphatic hydroxyl groups is 1. The second-order valence-electron chi connectivity index (χ2n) is 5.52. The Morgan fingerprint density at radius 1 is 1.21 bits per heavy atom. The van der Waals surface area contributed by atoms with Crippen molar-refractivity contribution in [1.29, 1.82) is 0 Å². The second-order valence-corrected chi connectivity index (χ2v) is 8.74. The molecule has 0 saturated carbocycles. The van der Waals surface area contributed by atoms with E-state index in [9.17, 15) is 5.11 Å². The average Bonchev–Trinajstić information content (AvgIpc) is 2.80. The summed E-state index contributed by atoms with van der Waals surface area (Å²) in [5.41, 5.74) is 1.06. The van der Waals surface area contributed by atoms with E-state index in [1.54, 1.807) is 11.3 Å². The summed E-state index contributed by atoms with van der Waals surface area (Å²) in [5, 5.41) is 10.6. The number of benzene rings is 1. The predicted molar refractivity (Wildman–Crippen MR) is 93.9 cm³/mol. The van der Waals surface area contributed by atoms with Gasteiger partial charge in [-0.15, -0.1) is 11.3 Å². The topological polar surface area (TPSA) is 20.2 Å². The van der Waals surface area contributed by atoms with E-state index in [-0.39, 0.29) is 5.41 Å². The highest BCUT2D eigenvalue weighted by molar-refractivity contribution is 14.1. The van der Waals surface area contributed by atoms with E-state index in [0.717, 1.165) is 18.5 Å². The molecule has 1 N–H and O–H groups in total. The molecule has 1 atom stereocenters. The molecule has 102 valence electrons. The van der Waals surface area contributed by atoms with Crippen LogP contribution in [0, 0.1) is 3.57 Å².